The molecule has 0 spiro atoms. The Morgan fingerprint density at radius 2 is 2.21 bits per heavy atom. The first-order valence-electron chi connectivity index (χ1n) is 5.88. The molecule has 1 aromatic carbocycles. The first-order valence-corrected chi connectivity index (χ1v) is 5.88. The number of benzene rings is 1. The van der Waals surface area contributed by atoms with Gasteiger partial charge in [-0.1, -0.05) is 0 Å². The van der Waals surface area contributed by atoms with Crippen LogP contribution in [-0.2, 0) is 0 Å². The van der Waals surface area contributed by atoms with Crippen LogP contribution in [0.3, 0.4) is 0 Å². The number of nitrogens with zero attached hydrogens (tertiary/aromatic N) is 2. The third kappa shape index (κ3) is 2.90. The van der Waals surface area contributed by atoms with Crippen molar-refractivity contribution in [1.29, 1.82) is 0 Å². The fraction of sp³-hybridized carbons (Fsp3) is 0.231. The largest absolute Gasteiger partial charge is 0.396 e. The maximum atomic E-state index is 13.3. The van der Waals surface area contributed by atoms with E-state index >= 15 is 0 Å². The first kappa shape index (κ1) is 13.1. The van der Waals surface area contributed by atoms with Crippen LogP contribution in [0.5, 0.6) is 0 Å². The molecule has 5 nitrogen and oxygen atoms in total. The number of halogens is 1. The van der Waals surface area contributed by atoms with Crippen molar-refractivity contribution in [1.82, 2.24) is 9.78 Å². The number of rotatable bonds is 3. The molecule has 19 heavy (non-hydrogen) atoms. The Hall–Kier alpha value is -2.37. The molecule has 0 fully saturated rings. The summed E-state index contributed by atoms with van der Waals surface area (Å²) in [7, 11) is 0. The van der Waals surface area contributed by atoms with Crippen molar-refractivity contribution < 1.29 is 9.18 Å². The zero-order valence-corrected chi connectivity index (χ0v) is 10.7. The second-order valence-corrected chi connectivity index (χ2v) is 4.49. The lowest BCUT2D eigenvalue weighted by atomic mass is 10.2. The maximum Gasteiger partial charge on any atom is 0.255 e. The summed E-state index contributed by atoms with van der Waals surface area (Å²) in [5.41, 5.74) is 6.15. The zero-order chi connectivity index (χ0) is 14.0. The van der Waals surface area contributed by atoms with Gasteiger partial charge in [-0.3, -0.25) is 9.48 Å². The van der Waals surface area contributed by atoms with Crippen LogP contribution in [0.4, 0.5) is 15.8 Å². The number of carbonyl (C=O) groups is 1. The van der Waals surface area contributed by atoms with Gasteiger partial charge in [0.2, 0.25) is 0 Å². The Balaban J connectivity index is 2.13. The number of hydrogen-bond donors (Lipinski definition) is 2. The van der Waals surface area contributed by atoms with Crippen LogP contribution in [0.15, 0.2) is 30.6 Å². The molecular formula is C13H15FN4O. The van der Waals surface area contributed by atoms with Crippen molar-refractivity contribution in [2.75, 3.05) is 11.1 Å². The summed E-state index contributed by atoms with van der Waals surface area (Å²) in [5, 5.41) is 6.75. The van der Waals surface area contributed by atoms with Gasteiger partial charge in [-0.15, -0.1) is 0 Å². The second kappa shape index (κ2) is 5.09. The Bertz CT molecular complexity index is 606. The van der Waals surface area contributed by atoms with Crippen LogP contribution >= 0.6 is 0 Å². The van der Waals surface area contributed by atoms with Gasteiger partial charge < -0.3 is 11.1 Å². The number of nitrogen functional groups attached to an aromatic ring is 1. The molecule has 3 N–H and O–H groups in total. The van der Waals surface area contributed by atoms with Gasteiger partial charge >= 0.3 is 0 Å². The molecule has 100 valence electrons. The van der Waals surface area contributed by atoms with Gasteiger partial charge in [0.05, 0.1) is 17.6 Å². The minimum atomic E-state index is -0.606. The van der Waals surface area contributed by atoms with E-state index in [9.17, 15) is 9.18 Å². The van der Waals surface area contributed by atoms with E-state index in [0.29, 0.717) is 5.69 Å². The third-order valence-electron chi connectivity index (χ3n) is 2.65. The smallest absolute Gasteiger partial charge is 0.255 e. The predicted molar refractivity (Wildman–Crippen MR) is 71.4 cm³/mol. The lowest BCUT2D eigenvalue weighted by Gasteiger charge is -2.05. The monoisotopic (exact) mass is 262 g/mol. The Kier molecular flexibility index (Phi) is 3.50. The molecule has 1 heterocycles. The van der Waals surface area contributed by atoms with Gasteiger partial charge in [-0.2, -0.15) is 5.10 Å². The molecule has 1 aromatic heterocycles. The fourth-order valence-corrected chi connectivity index (χ4v) is 1.56. The first-order chi connectivity index (χ1) is 8.97. The van der Waals surface area contributed by atoms with E-state index in [-0.39, 0.29) is 17.3 Å². The van der Waals surface area contributed by atoms with Crippen molar-refractivity contribution >= 4 is 17.3 Å². The Labute approximate surface area is 110 Å². The predicted octanol–water partition coefficient (Wildman–Crippen LogP) is 2.44. The topological polar surface area (TPSA) is 72.9 Å². The van der Waals surface area contributed by atoms with Crippen LogP contribution in [0.25, 0.3) is 0 Å². The average molecular weight is 262 g/mol. The van der Waals surface area contributed by atoms with Crippen LogP contribution in [0, 0.1) is 5.82 Å². The van der Waals surface area contributed by atoms with E-state index in [4.69, 9.17) is 5.73 Å². The van der Waals surface area contributed by atoms with E-state index in [0.717, 1.165) is 6.07 Å². The van der Waals surface area contributed by atoms with Crippen LogP contribution in [0.2, 0.25) is 0 Å². The molecule has 2 aromatic rings. The van der Waals surface area contributed by atoms with Crippen molar-refractivity contribution in [3.8, 4) is 0 Å². The lowest BCUT2D eigenvalue weighted by Crippen LogP contribution is -2.12. The number of carbonyl (C=O) groups excluding carboxylic acids is 1. The number of nitrogens with one attached hydrogen (secondary N) is 1. The summed E-state index contributed by atoms with van der Waals surface area (Å²) in [4.78, 5) is 11.9. The summed E-state index contributed by atoms with van der Waals surface area (Å²) in [5.74, 6) is -1.01. The highest BCUT2D eigenvalue weighted by molar-refractivity contribution is 6.04. The SMILES string of the molecule is CC(C)n1cc(NC(=O)c2ccc(N)c(F)c2)cn1. The summed E-state index contributed by atoms with van der Waals surface area (Å²) < 4.78 is 15.0. The number of amides is 1. The summed E-state index contributed by atoms with van der Waals surface area (Å²) in [6.45, 7) is 3.96. The molecule has 0 aliphatic rings. The fourth-order valence-electron chi connectivity index (χ4n) is 1.56. The number of nitrogens with two attached hydrogens (primary N) is 1. The molecule has 6 heteroatoms. The number of hydrogen-bond acceptors (Lipinski definition) is 3. The highest BCUT2D eigenvalue weighted by Gasteiger charge is 2.10. The number of aromatic nitrogens is 2. The molecule has 0 bridgehead atoms. The van der Waals surface area contributed by atoms with E-state index < -0.39 is 11.7 Å². The molecule has 2 rings (SSSR count). The molecule has 0 aliphatic carbocycles. The summed E-state index contributed by atoms with van der Waals surface area (Å²) in [6, 6.07) is 4.15. The third-order valence-corrected chi connectivity index (χ3v) is 2.65. The zero-order valence-electron chi connectivity index (χ0n) is 10.7. The van der Waals surface area contributed by atoms with E-state index in [1.54, 1.807) is 17.1 Å². The van der Waals surface area contributed by atoms with Crippen LogP contribution in [0.1, 0.15) is 30.2 Å². The van der Waals surface area contributed by atoms with Gasteiger partial charge in [-0.25, -0.2) is 4.39 Å². The standard InChI is InChI=1S/C13H15FN4O/c1-8(2)18-7-10(6-16-18)17-13(19)9-3-4-12(15)11(14)5-9/h3-8H,15H2,1-2H3,(H,17,19). The van der Waals surface area contributed by atoms with E-state index in [1.807, 2.05) is 13.8 Å². The van der Waals surface area contributed by atoms with Crippen molar-refractivity contribution in [2.24, 2.45) is 0 Å². The molecule has 1 amide bonds. The van der Waals surface area contributed by atoms with Crippen LogP contribution in [-0.4, -0.2) is 15.7 Å². The highest BCUT2D eigenvalue weighted by Crippen LogP contribution is 2.15. The van der Waals surface area contributed by atoms with Gasteiger partial charge in [0, 0.05) is 17.8 Å². The number of anilines is 2. The average Bonchev–Trinajstić information content (AvgIpc) is 2.81. The van der Waals surface area contributed by atoms with Gasteiger partial charge in [0.1, 0.15) is 5.82 Å². The summed E-state index contributed by atoms with van der Waals surface area (Å²) in [6.07, 6.45) is 3.27. The van der Waals surface area contributed by atoms with Gasteiger partial charge in [0.15, 0.2) is 0 Å². The summed E-state index contributed by atoms with van der Waals surface area (Å²) >= 11 is 0. The minimum Gasteiger partial charge on any atom is -0.396 e. The van der Waals surface area contributed by atoms with Gasteiger partial charge in [-0.05, 0) is 32.0 Å². The molecule has 0 unspecified atom stereocenters. The molecule has 0 aliphatic heterocycles. The maximum absolute atomic E-state index is 13.3. The van der Waals surface area contributed by atoms with Crippen molar-refractivity contribution in [3.63, 3.8) is 0 Å². The molecule has 0 radical (unpaired) electrons. The Morgan fingerprint density at radius 1 is 1.47 bits per heavy atom. The van der Waals surface area contributed by atoms with Crippen molar-refractivity contribution in [2.45, 2.75) is 19.9 Å². The second-order valence-electron chi connectivity index (χ2n) is 4.49. The molecule has 0 saturated carbocycles. The molecular weight excluding hydrogens is 247 g/mol. The van der Waals surface area contributed by atoms with Crippen molar-refractivity contribution in [3.05, 3.63) is 42.0 Å². The van der Waals surface area contributed by atoms with E-state index in [1.165, 1.54) is 12.1 Å². The highest BCUT2D eigenvalue weighted by atomic mass is 19.1. The van der Waals surface area contributed by atoms with Gasteiger partial charge in [0.25, 0.3) is 5.91 Å². The Morgan fingerprint density at radius 3 is 2.79 bits per heavy atom. The van der Waals surface area contributed by atoms with Crippen LogP contribution < -0.4 is 11.1 Å². The van der Waals surface area contributed by atoms with E-state index in [2.05, 4.69) is 10.4 Å². The molecule has 0 saturated heterocycles. The normalized spacial score (nSPS) is 10.7. The molecule has 0 atom stereocenters. The quantitative estimate of drug-likeness (QED) is 0.834. The lowest BCUT2D eigenvalue weighted by molar-refractivity contribution is 0.102. The minimum absolute atomic E-state index is 0.0178.